The van der Waals surface area contributed by atoms with Crippen LogP contribution in [0.2, 0.25) is 0 Å². The third-order valence-corrected chi connectivity index (χ3v) is 5.25. The minimum Gasteiger partial charge on any atom is -0.497 e. The number of methoxy groups -OCH3 is 3. The van der Waals surface area contributed by atoms with Crippen LogP contribution >= 0.6 is 0 Å². The summed E-state index contributed by atoms with van der Waals surface area (Å²) in [6.45, 7) is 1.74. The molecule has 0 spiro atoms. The van der Waals surface area contributed by atoms with Crippen LogP contribution in [0.4, 0.5) is 0 Å². The number of fused-ring (bicyclic) bond motifs is 1. The number of ether oxygens (including phenoxy) is 5. The molecule has 1 aliphatic heterocycles. The first-order valence-electron chi connectivity index (χ1n) is 10.1. The van der Waals surface area contributed by atoms with Crippen LogP contribution in [-0.2, 0) is 0 Å². The quantitative estimate of drug-likeness (QED) is 0.304. The molecule has 0 aliphatic carbocycles. The van der Waals surface area contributed by atoms with Gasteiger partial charge in [-0.3, -0.25) is 4.79 Å². The van der Waals surface area contributed by atoms with E-state index in [1.807, 2.05) is 0 Å². The van der Waals surface area contributed by atoms with Crippen LogP contribution in [0.15, 0.2) is 60.4 Å². The lowest BCUT2D eigenvalue weighted by molar-refractivity contribution is 0.0732. The Labute approximate surface area is 191 Å². The molecule has 7 heteroatoms. The second-order valence-electron chi connectivity index (χ2n) is 7.24. The number of carbonyl (C=O) groups is 2. The molecule has 168 valence electrons. The number of allylic oxidation sites excluding steroid dienone is 1. The molecule has 0 saturated heterocycles. The van der Waals surface area contributed by atoms with E-state index in [4.69, 9.17) is 23.7 Å². The van der Waals surface area contributed by atoms with Crippen molar-refractivity contribution < 1.29 is 33.3 Å². The highest BCUT2D eigenvalue weighted by molar-refractivity contribution is 6.15. The molecule has 0 atom stereocenters. The minimum absolute atomic E-state index is 0.164. The Kier molecular flexibility index (Phi) is 6.04. The van der Waals surface area contributed by atoms with Crippen LogP contribution in [-0.4, -0.2) is 33.1 Å². The SMILES string of the molecule is COc1cccc(C(=O)Oc2ccc3c(c2C)O/C(=C\c2ccc(OC)c(OC)c2)C3=O)c1. The fourth-order valence-electron chi connectivity index (χ4n) is 3.48. The molecule has 0 bridgehead atoms. The smallest absolute Gasteiger partial charge is 0.343 e. The van der Waals surface area contributed by atoms with Crippen molar-refractivity contribution in [3.8, 4) is 28.7 Å². The van der Waals surface area contributed by atoms with Gasteiger partial charge >= 0.3 is 5.97 Å². The van der Waals surface area contributed by atoms with E-state index < -0.39 is 5.97 Å². The number of carbonyl (C=O) groups excluding carboxylic acids is 2. The lowest BCUT2D eigenvalue weighted by Crippen LogP contribution is -2.09. The third-order valence-electron chi connectivity index (χ3n) is 5.25. The monoisotopic (exact) mass is 446 g/mol. The fourth-order valence-corrected chi connectivity index (χ4v) is 3.48. The average Bonchev–Trinajstić information content (AvgIpc) is 3.16. The molecule has 1 aliphatic rings. The van der Waals surface area contributed by atoms with Crippen molar-refractivity contribution in [1.29, 1.82) is 0 Å². The Bertz CT molecular complexity index is 1270. The molecular formula is C26H22O7. The normalized spacial score (nSPS) is 13.3. The van der Waals surface area contributed by atoms with Gasteiger partial charge in [0, 0.05) is 5.56 Å². The first kappa shape index (κ1) is 22.0. The number of hydrogen-bond donors (Lipinski definition) is 0. The Morgan fingerprint density at radius 1 is 0.879 bits per heavy atom. The Morgan fingerprint density at radius 3 is 2.36 bits per heavy atom. The van der Waals surface area contributed by atoms with E-state index in [1.165, 1.54) is 7.11 Å². The molecule has 1 heterocycles. The molecule has 7 nitrogen and oxygen atoms in total. The Balaban J connectivity index is 1.60. The lowest BCUT2D eigenvalue weighted by atomic mass is 10.1. The van der Waals surface area contributed by atoms with Gasteiger partial charge in [0.15, 0.2) is 17.3 Å². The van der Waals surface area contributed by atoms with E-state index in [2.05, 4.69) is 0 Å². The van der Waals surface area contributed by atoms with Gasteiger partial charge in [-0.25, -0.2) is 4.79 Å². The average molecular weight is 446 g/mol. The molecule has 0 radical (unpaired) electrons. The zero-order valence-corrected chi connectivity index (χ0v) is 18.6. The summed E-state index contributed by atoms with van der Waals surface area (Å²) in [5.74, 6) is 1.71. The molecular weight excluding hydrogens is 424 g/mol. The van der Waals surface area contributed by atoms with Crippen LogP contribution < -0.4 is 23.7 Å². The molecule has 0 fully saturated rings. The number of benzene rings is 3. The number of ketones is 1. The van der Waals surface area contributed by atoms with Gasteiger partial charge in [-0.05, 0) is 61.0 Å². The van der Waals surface area contributed by atoms with Crippen molar-refractivity contribution in [1.82, 2.24) is 0 Å². The summed E-state index contributed by atoms with van der Waals surface area (Å²) in [6, 6.07) is 15.1. The Hall–Kier alpha value is -4.26. The summed E-state index contributed by atoms with van der Waals surface area (Å²) in [7, 11) is 4.62. The van der Waals surface area contributed by atoms with Crippen molar-refractivity contribution >= 4 is 17.8 Å². The molecule has 4 rings (SSSR count). The molecule has 33 heavy (non-hydrogen) atoms. The van der Waals surface area contributed by atoms with Crippen LogP contribution in [0.3, 0.4) is 0 Å². The molecule has 0 amide bonds. The van der Waals surface area contributed by atoms with Crippen molar-refractivity contribution in [3.63, 3.8) is 0 Å². The van der Waals surface area contributed by atoms with Crippen LogP contribution in [0, 0.1) is 6.92 Å². The molecule has 3 aromatic carbocycles. The highest BCUT2D eigenvalue weighted by atomic mass is 16.5. The number of Topliss-reactive ketones (excluding diaryl/α,β-unsaturated/α-hetero) is 1. The highest BCUT2D eigenvalue weighted by Crippen LogP contribution is 2.40. The van der Waals surface area contributed by atoms with Crippen molar-refractivity contribution in [2.45, 2.75) is 6.92 Å². The summed E-state index contributed by atoms with van der Waals surface area (Å²) in [5.41, 5.74) is 2.01. The van der Waals surface area contributed by atoms with Crippen molar-refractivity contribution in [3.05, 3.63) is 82.6 Å². The van der Waals surface area contributed by atoms with E-state index in [-0.39, 0.29) is 11.5 Å². The fraction of sp³-hybridized carbons (Fsp3) is 0.154. The van der Waals surface area contributed by atoms with Crippen LogP contribution in [0.25, 0.3) is 6.08 Å². The van der Waals surface area contributed by atoms with Crippen LogP contribution in [0.1, 0.15) is 31.8 Å². The van der Waals surface area contributed by atoms with Gasteiger partial charge in [0.25, 0.3) is 0 Å². The standard InChI is InChI=1S/C26H22O7/c1-15-20(33-26(28)17-6-5-7-18(14-17)29-2)11-9-19-24(27)23(32-25(15)19)13-16-8-10-21(30-3)22(12-16)31-4/h5-14H,1-4H3/b23-13-. The maximum atomic E-state index is 12.9. The van der Waals surface area contributed by atoms with Gasteiger partial charge in [-0.15, -0.1) is 0 Å². The van der Waals surface area contributed by atoms with Gasteiger partial charge in [0.1, 0.15) is 17.2 Å². The largest absolute Gasteiger partial charge is 0.497 e. The zero-order chi connectivity index (χ0) is 23.5. The van der Waals surface area contributed by atoms with Gasteiger partial charge in [0.05, 0.1) is 32.5 Å². The molecule has 3 aromatic rings. The van der Waals surface area contributed by atoms with Gasteiger partial charge in [0.2, 0.25) is 5.78 Å². The lowest BCUT2D eigenvalue weighted by Gasteiger charge is -2.10. The zero-order valence-electron chi connectivity index (χ0n) is 18.6. The molecule has 0 unspecified atom stereocenters. The number of rotatable bonds is 6. The first-order chi connectivity index (χ1) is 15.9. The topological polar surface area (TPSA) is 80.3 Å². The van der Waals surface area contributed by atoms with E-state index in [0.717, 1.165) is 0 Å². The summed E-state index contributed by atoms with van der Waals surface area (Å²) in [5, 5.41) is 0. The third kappa shape index (κ3) is 4.25. The maximum Gasteiger partial charge on any atom is 0.343 e. The van der Waals surface area contributed by atoms with Gasteiger partial charge in [-0.1, -0.05) is 12.1 Å². The Morgan fingerprint density at radius 2 is 1.64 bits per heavy atom. The molecule has 0 saturated carbocycles. The van der Waals surface area contributed by atoms with Crippen LogP contribution in [0.5, 0.6) is 28.7 Å². The first-order valence-corrected chi connectivity index (χ1v) is 10.1. The van der Waals surface area contributed by atoms with E-state index in [9.17, 15) is 9.59 Å². The molecule has 0 aromatic heterocycles. The summed E-state index contributed by atoms with van der Waals surface area (Å²) in [6.07, 6.45) is 1.63. The van der Waals surface area contributed by atoms with Crippen molar-refractivity contribution in [2.24, 2.45) is 0 Å². The predicted molar refractivity (Wildman–Crippen MR) is 122 cm³/mol. The van der Waals surface area contributed by atoms with Gasteiger partial charge < -0.3 is 23.7 Å². The summed E-state index contributed by atoms with van der Waals surface area (Å²) < 4.78 is 27.2. The number of esters is 1. The van der Waals surface area contributed by atoms with E-state index in [0.29, 0.717) is 51.0 Å². The van der Waals surface area contributed by atoms with Crippen molar-refractivity contribution in [2.75, 3.05) is 21.3 Å². The molecule has 0 N–H and O–H groups in total. The summed E-state index contributed by atoms with van der Waals surface area (Å²) in [4.78, 5) is 25.5. The highest BCUT2D eigenvalue weighted by Gasteiger charge is 2.30. The maximum absolute atomic E-state index is 12.9. The number of hydrogen-bond acceptors (Lipinski definition) is 7. The second-order valence-corrected chi connectivity index (χ2v) is 7.24. The predicted octanol–water partition coefficient (Wildman–Crippen LogP) is 4.86. The van der Waals surface area contributed by atoms with E-state index >= 15 is 0 Å². The van der Waals surface area contributed by atoms with Gasteiger partial charge in [-0.2, -0.15) is 0 Å². The van der Waals surface area contributed by atoms with E-state index in [1.54, 1.807) is 81.8 Å². The second kappa shape index (κ2) is 9.08. The minimum atomic E-state index is -0.539. The summed E-state index contributed by atoms with van der Waals surface area (Å²) >= 11 is 0.